The third-order valence-electron chi connectivity index (χ3n) is 3.27. The summed E-state index contributed by atoms with van der Waals surface area (Å²) < 4.78 is 0. The van der Waals surface area contributed by atoms with Crippen LogP contribution >= 0.6 is 0 Å². The number of aryl methyl sites for hydroxylation is 1. The highest BCUT2D eigenvalue weighted by Crippen LogP contribution is 2.10. The van der Waals surface area contributed by atoms with Gasteiger partial charge in [0, 0.05) is 31.0 Å². The van der Waals surface area contributed by atoms with Crippen LogP contribution in [0.5, 0.6) is 0 Å². The summed E-state index contributed by atoms with van der Waals surface area (Å²) in [6.07, 6.45) is 7.50. The molecule has 94 valence electrons. The molecule has 1 aliphatic rings. The first-order chi connectivity index (χ1) is 8.24. The van der Waals surface area contributed by atoms with Crippen molar-refractivity contribution in [1.82, 2.24) is 20.6 Å². The summed E-state index contributed by atoms with van der Waals surface area (Å²) in [6.45, 7) is 6.18. The molecule has 1 aliphatic heterocycles. The average Bonchev–Trinajstić information content (AvgIpc) is 2.81. The van der Waals surface area contributed by atoms with Crippen molar-refractivity contribution in [1.29, 1.82) is 0 Å². The Morgan fingerprint density at radius 2 is 2.35 bits per heavy atom. The second-order valence-electron chi connectivity index (χ2n) is 4.96. The van der Waals surface area contributed by atoms with Gasteiger partial charge in [-0.3, -0.25) is 9.97 Å². The largest absolute Gasteiger partial charge is 0.314 e. The van der Waals surface area contributed by atoms with E-state index in [2.05, 4.69) is 27.5 Å². The fourth-order valence-electron chi connectivity index (χ4n) is 2.26. The van der Waals surface area contributed by atoms with Gasteiger partial charge in [-0.15, -0.1) is 0 Å². The minimum Gasteiger partial charge on any atom is -0.314 e. The van der Waals surface area contributed by atoms with Gasteiger partial charge in [-0.25, -0.2) is 0 Å². The van der Waals surface area contributed by atoms with E-state index in [1.165, 1.54) is 25.8 Å². The Bertz CT molecular complexity index is 330. The molecule has 1 aromatic heterocycles. The van der Waals surface area contributed by atoms with Gasteiger partial charge < -0.3 is 10.6 Å². The molecule has 2 atom stereocenters. The average molecular weight is 234 g/mol. The Hall–Kier alpha value is -1.00. The highest BCUT2D eigenvalue weighted by atomic mass is 15.0. The van der Waals surface area contributed by atoms with Crippen molar-refractivity contribution in [3.05, 3.63) is 23.8 Å². The maximum Gasteiger partial charge on any atom is 0.0724 e. The van der Waals surface area contributed by atoms with Gasteiger partial charge in [-0.2, -0.15) is 0 Å². The summed E-state index contributed by atoms with van der Waals surface area (Å²) in [6, 6.07) is 1.22. The first kappa shape index (κ1) is 12.5. The fourth-order valence-corrected chi connectivity index (χ4v) is 2.26. The minimum absolute atomic E-state index is 0.522. The van der Waals surface area contributed by atoms with Gasteiger partial charge in [-0.05, 0) is 39.7 Å². The van der Waals surface area contributed by atoms with Gasteiger partial charge in [0.05, 0.1) is 11.4 Å². The summed E-state index contributed by atoms with van der Waals surface area (Å²) in [4.78, 5) is 8.59. The predicted octanol–water partition coefficient (Wildman–Crippen LogP) is 1.41. The standard InChI is InChI=1S/C13H22N4/c1-10(6-12-4-3-5-14-12)15-8-13-9-16-11(2)7-17-13/h7,9-10,12,14-15H,3-6,8H2,1-2H3. The van der Waals surface area contributed by atoms with Crippen molar-refractivity contribution in [2.75, 3.05) is 6.54 Å². The predicted molar refractivity (Wildman–Crippen MR) is 68.7 cm³/mol. The van der Waals surface area contributed by atoms with E-state index in [0.717, 1.165) is 17.9 Å². The molecule has 1 fully saturated rings. The Kier molecular flexibility index (Phi) is 4.45. The molecule has 0 aliphatic carbocycles. The molecule has 0 radical (unpaired) electrons. The van der Waals surface area contributed by atoms with E-state index in [4.69, 9.17) is 0 Å². The smallest absolute Gasteiger partial charge is 0.0724 e. The maximum atomic E-state index is 4.34. The third kappa shape index (κ3) is 4.06. The van der Waals surface area contributed by atoms with E-state index in [1.807, 2.05) is 19.3 Å². The zero-order valence-electron chi connectivity index (χ0n) is 10.7. The Morgan fingerprint density at radius 1 is 1.47 bits per heavy atom. The first-order valence-electron chi connectivity index (χ1n) is 6.48. The molecule has 4 nitrogen and oxygen atoms in total. The van der Waals surface area contributed by atoms with Crippen LogP contribution in [-0.2, 0) is 6.54 Å². The van der Waals surface area contributed by atoms with Crippen LogP contribution in [0.3, 0.4) is 0 Å². The molecule has 0 spiro atoms. The van der Waals surface area contributed by atoms with Gasteiger partial charge >= 0.3 is 0 Å². The van der Waals surface area contributed by atoms with Crippen molar-refractivity contribution in [3.8, 4) is 0 Å². The second-order valence-corrected chi connectivity index (χ2v) is 4.96. The van der Waals surface area contributed by atoms with Crippen LogP contribution in [0.25, 0.3) is 0 Å². The number of nitrogens with one attached hydrogen (secondary N) is 2. The number of rotatable bonds is 5. The number of hydrogen-bond donors (Lipinski definition) is 2. The van der Waals surface area contributed by atoms with Gasteiger partial charge in [0.1, 0.15) is 0 Å². The highest BCUT2D eigenvalue weighted by Gasteiger charge is 2.16. The zero-order valence-corrected chi connectivity index (χ0v) is 10.7. The van der Waals surface area contributed by atoms with Crippen molar-refractivity contribution >= 4 is 0 Å². The number of hydrogen-bond acceptors (Lipinski definition) is 4. The van der Waals surface area contributed by atoms with E-state index < -0.39 is 0 Å². The maximum absolute atomic E-state index is 4.34. The molecule has 1 saturated heterocycles. The molecule has 0 aromatic carbocycles. The molecular formula is C13H22N4. The minimum atomic E-state index is 0.522. The zero-order chi connectivity index (χ0) is 12.1. The van der Waals surface area contributed by atoms with Gasteiger partial charge in [0.15, 0.2) is 0 Å². The summed E-state index contributed by atoms with van der Waals surface area (Å²) in [5.74, 6) is 0. The van der Waals surface area contributed by atoms with E-state index >= 15 is 0 Å². The van der Waals surface area contributed by atoms with Crippen LogP contribution in [0.4, 0.5) is 0 Å². The van der Waals surface area contributed by atoms with E-state index in [0.29, 0.717) is 12.1 Å². The molecule has 0 bridgehead atoms. The van der Waals surface area contributed by atoms with Gasteiger partial charge in [0.2, 0.25) is 0 Å². The van der Waals surface area contributed by atoms with Crippen molar-refractivity contribution in [2.24, 2.45) is 0 Å². The van der Waals surface area contributed by atoms with Crippen LogP contribution in [0.1, 0.15) is 37.6 Å². The topological polar surface area (TPSA) is 49.8 Å². The molecule has 2 rings (SSSR count). The van der Waals surface area contributed by atoms with Crippen LogP contribution in [-0.4, -0.2) is 28.6 Å². The molecule has 0 amide bonds. The number of aromatic nitrogens is 2. The summed E-state index contributed by atoms with van der Waals surface area (Å²) >= 11 is 0. The van der Waals surface area contributed by atoms with Crippen LogP contribution in [0, 0.1) is 6.92 Å². The molecule has 4 heteroatoms. The second kappa shape index (κ2) is 6.07. The fraction of sp³-hybridized carbons (Fsp3) is 0.692. The molecule has 0 saturated carbocycles. The molecule has 2 heterocycles. The summed E-state index contributed by atoms with van der Waals surface area (Å²) in [7, 11) is 0. The Balaban J connectivity index is 1.71. The molecule has 2 unspecified atom stereocenters. The SMILES string of the molecule is Cc1cnc(CNC(C)CC2CCCN2)cn1. The lowest BCUT2D eigenvalue weighted by Gasteiger charge is -2.17. The molecule has 17 heavy (non-hydrogen) atoms. The van der Waals surface area contributed by atoms with Gasteiger partial charge in [0.25, 0.3) is 0 Å². The third-order valence-corrected chi connectivity index (χ3v) is 3.27. The van der Waals surface area contributed by atoms with E-state index in [9.17, 15) is 0 Å². The normalized spacial score (nSPS) is 21.6. The van der Waals surface area contributed by atoms with Crippen LogP contribution in [0.15, 0.2) is 12.4 Å². The van der Waals surface area contributed by atoms with Crippen molar-refractivity contribution < 1.29 is 0 Å². The lowest BCUT2D eigenvalue weighted by molar-refractivity contribution is 0.437. The van der Waals surface area contributed by atoms with Crippen molar-refractivity contribution in [2.45, 2.75) is 51.7 Å². The highest BCUT2D eigenvalue weighted by molar-refractivity contribution is 5.00. The van der Waals surface area contributed by atoms with Crippen LogP contribution in [0.2, 0.25) is 0 Å². The lowest BCUT2D eigenvalue weighted by Crippen LogP contribution is -2.33. The molecule has 2 N–H and O–H groups in total. The Morgan fingerprint density at radius 3 is 3.00 bits per heavy atom. The number of nitrogens with zero attached hydrogens (tertiary/aromatic N) is 2. The monoisotopic (exact) mass is 234 g/mol. The van der Waals surface area contributed by atoms with Crippen LogP contribution < -0.4 is 10.6 Å². The molecule has 1 aromatic rings. The lowest BCUT2D eigenvalue weighted by atomic mass is 10.1. The Labute approximate surface area is 103 Å². The van der Waals surface area contributed by atoms with Crippen molar-refractivity contribution in [3.63, 3.8) is 0 Å². The summed E-state index contributed by atoms with van der Waals surface area (Å²) in [5, 5.41) is 7.03. The molecular weight excluding hydrogens is 212 g/mol. The first-order valence-corrected chi connectivity index (χ1v) is 6.48. The van der Waals surface area contributed by atoms with E-state index in [1.54, 1.807) is 0 Å². The summed E-state index contributed by atoms with van der Waals surface area (Å²) in [5.41, 5.74) is 1.98. The van der Waals surface area contributed by atoms with E-state index in [-0.39, 0.29) is 0 Å². The van der Waals surface area contributed by atoms with Gasteiger partial charge in [-0.1, -0.05) is 0 Å². The quantitative estimate of drug-likeness (QED) is 0.808.